The number of rotatable bonds is 12. The lowest BCUT2D eigenvalue weighted by Crippen LogP contribution is -2.32. The molecular formula is C55H48N14O6S2. The Morgan fingerprint density at radius 2 is 1.06 bits per heavy atom. The number of thiazole rings is 2. The van der Waals surface area contributed by atoms with Crippen molar-refractivity contribution in [1.82, 2.24) is 60.7 Å². The molecule has 0 fully saturated rings. The average molecular weight is 1070 g/mol. The molecule has 2 aliphatic rings. The third kappa shape index (κ3) is 10.4. The first-order valence-electron chi connectivity index (χ1n) is 24.4. The van der Waals surface area contributed by atoms with Gasteiger partial charge in [0.05, 0.1) is 51.8 Å². The van der Waals surface area contributed by atoms with Crippen LogP contribution in [0.15, 0.2) is 122 Å². The Morgan fingerprint density at radius 1 is 0.584 bits per heavy atom. The van der Waals surface area contributed by atoms with Crippen LogP contribution in [0.3, 0.4) is 0 Å². The molecule has 0 unspecified atom stereocenters. The molecule has 0 aliphatic heterocycles. The number of aryl methyl sites for hydroxylation is 4. The zero-order chi connectivity index (χ0) is 53.3. The van der Waals surface area contributed by atoms with E-state index in [-0.39, 0.29) is 5.56 Å². The Bertz CT molecular complexity index is 3810. The summed E-state index contributed by atoms with van der Waals surface area (Å²) in [6.45, 7) is 3.99. The maximum atomic E-state index is 12.0. The molecular weight excluding hydrogens is 1020 g/mol. The van der Waals surface area contributed by atoms with E-state index in [0.717, 1.165) is 91.5 Å². The smallest absolute Gasteiger partial charge is 0.337 e. The maximum Gasteiger partial charge on any atom is 0.337 e. The number of anilines is 4. The van der Waals surface area contributed by atoms with Crippen molar-refractivity contribution in [3.05, 3.63) is 177 Å². The van der Waals surface area contributed by atoms with Gasteiger partial charge in [-0.1, -0.05) is 12.1 Å². The zero-order valence-electron chi connectivity index (χ0n) is 41.6. The molecule has 8 heterocycles. The van der Waals surface area contributed by atoms with Gasteiger partial charge in [-0.25, -0.2) is 39.5 Å². The monoisotopic (exact) mass is 1060 g/mol. The number of nitrogens with one attached hydrogen (secondary N) is 4. The number of H-pyrrole nitrogens is 2. The van der Waals surface area contributed by atoms with Crippen molar-refractivity contribution < 1.29 is 29.6 Å². The summed E-state index contributed by atoms with van der Waals surface area (Å²) in [5, 5.41) is 61.8. The summed E-state index contributed by atoms with van der Waals surface area (Å²) < 4.78 is 4.86. The molecule has 7 N–H and O–H groups in total. The van der Waals surface area contributed by atoms with E-state index < -0.39 is 23.1 Å². The third-order valence-electron chi connectivity index (χ3n) is 13.4. The van der Waals surface area contributed by atoms with Crippen LogP contribution in [0.1, 0.15) is 89.8 Å². The van der Waals surface area contributed by atoms with E-state index in [1.54, 1.807) is 55.4 Å². The number of ether oxygens (including phenoxy) is 1. The van der Waals surface area contributed by atoms with Gasteiger partial charge in [-0.2, -0.15) is 30.8 Å². The number of hydrogen-bond acceptors (Lipinski definition) is 19. The summed E-state index contributed by atoms with van der Waals surface area (Å²) in [6.07, 6.45) is 14.3. The van der Waals surface area contributed by atoms with Crippen LogP contribution in [0.2, 0.25) is 0 Å². The van der Waals surface area contributed by atoms with E-state index in [2.05, 4.69) is 61.4 Å². The number of carbonyl (C=O) groups is 2. The molecule has 0 saturated heterocycles. The number of aromatic amines is 2. The highest BCUT2D eigenvalue weighted by atomic mass is 32.1. The molecule has 77 heavy (non-hydrogen) atoms. The molecule has 2 aromatic carbocycles. The Morgan fingerprint density at radius 3 is 1.52 bits per heavy atom. The highest BCUT2D eigenvalue weighted by Crippen LogP contribution is 2.46. The minimum atomic E-state index is -1.27. The number of carboxylic acid groups (broad SMARTS) is 1. The average Bonchev–Trinajstić information content (AvgIpc) is 4.37. The number of fused-ring (bicyclic) bond motifs is 2. The summed E-state index contributed by atoms with van der Waals surface area (Å²) in [7, 11) is 1.36. The molecule has 0 bridgehead atoms. The molecule has 0 radical (unpaired) electrons. The molecule has 10 aromatic rings. The first-order chi connectivity index (χ1) is 37.3. The second-order valence-electron chi connectivity index (χ2n) is 18.7. The highest BCUT2D eigenvalue weighted by molar-refractivity contribution is 7.15. The number of benzene rings is 2. The van der Waals surface area contributed by atoms with Gasteiger partial charge in [0, 0.05) is 35.9 Å². The summed E-state index contributed by atoms with van der Waals surface area (Å²) in [4.78, 5) is 52.7. The molecule has 20 nitrogen and oxygen atoms in total. The van der Waals surface area contributed by atoms with Crippen molar-refractivity contribution in [2.45, 2.75) is 63.6 Å². The molecule has 386 valence electrons. The van der Waals surface area contributed by atoms with Crippen LogP contribution in [0.5, 0.6) is 0 Å². The Kier molecular flexibility index (Phi) is 13.7. The van der Waals surface area contributed by atoms with Gasteiger partial charge in [0.1, 0.15) is 55.9 Å². The number of nitrogens with zero attached hydrogens (tertiary/aromatic N) is 10. The number of carbonyl (C=O) groups excluding carboxylic acids is 1. The van der Waals surface area contributed by atoms with Crippen LogP contribution in [-0.4, -0.2) is 95.1 Å². The predicted octanol–water partition coefficient (Wildman–Crippen LogP) is 9.50. The zero-order valence-corrected chi connectivity index (χ0v) is 43.3. The Hall–Kier alpha value is -8.96. The second-order valence-corrected chi connectivity index (χ2v) is 20.7. The second kappa shape index (κ2) is 21.0. The van der Waals surface area contributed by atoms with Crippen molar-refractivity contribution in [1.29, 1.82) is 0 Å². The van der Waals surface area contributed by atoms with Crippen molar-refractivity contribution >= 4 is 57.9 Å². The molecule has 22 heteroatoms. The predicted molar refractivity (Wildman–Crippen MR) is 289 cm³/mol. The molecule has 2 atom stereocenters. The van der Waals surface area contributed by atoms with Gasteiger partial charge in [0.2, 0.25) is 0 Å². The number of aromatic carboxylic acids is 1. The van der Waals surface area contributed by atoms with Gasteiger partial charge >= 0.3 is 11.9 Å². The largest absolute Gasteiger partial charge is 0.478 e. The summed E-state index contributed by atoms with van der Waals surface area (Å²) in [5.41, 5.74) is 8.13. The van der Waals surface area contributed by atoms with Crippen LogP contribution >= 0.6 is 22.7 Å². The maximum absolute atomic E-state index is 12.0. The third-order valence-corrected chi connectivity index (χ3v) is 15.7. The van der Waals surface area contributed by atoms with E-state index >= 15 is 0 Å². The number of hydrogen-bond donors (Lipinski definition) is 7. The number of carboxylic acids is 1. The molecule has 0 saturated carbocycles. The van der Waals surface area contributed by atoms with E-state index in [4.69, 9.17) is 14.7 Å². The van der Waals surface area contributed by atoms with Crippen LogP contribution in [0.25, 0.3) is 43.7 Å². The Labute approximate surface area is 447 Å². The van der Waals surface area contributed by atoms with Crippen LogP contribution in [0.4, 0.5) is 23.3 Å². The normalized spacial score (nSPS) is 16.6. The van der Waals surface area contributed by atoms with Gasteiger partial charge in [-0.05, 0) is 159 Å². The summed E-state index contributed by atoms with van der Waals surface area (Å²) in [6, 6.07) is 25.5. The van der Waals surface area contributed by atoms with Crippen molar-refractivity contribution in [2.24, 2.45) is 0 Å². The van der Waals surface area contributed by atoms with Crippen molar-refractivity contribution in [2.75, 3.05) is 17.7 Å². The van der Waals surface area contributed by atoms with E-state index in [0.29, 0.717) is 62.9 Å². The topological polar surface area (TPSA) is 289 Å². The van der Waals surface area contributed by atoms with Crippen LogP contribution in [-0.2, 0) is 28.8 Å². The molecule has 0 spiro atoms. The number of pyridine rings is 4. The fourth-order valence-electron chi connectivity index (χ4n) is 9.71. The first kappa shape index (κ1) is 50.2. The summed E-state index contributed by atoms with van der Waals surface area (Å²) >= 11 is 2.80. The van der Waals surface area contributed by atoms with Gasteiger partial charge in [0.25, 0.3) is 0 Å². The first-order valence-corrected chi connectivity index (χ1v) is 26.1. The van der Waals surface area contributed by atoms with Gasteiger partial charge < -0.3 is 30.7 Å². The lowest BCUT2D eigenvalue weighted by molar-refractivity contribution is 0.0582. The number of esters is 1. The number of aromatic nitrogens is 12. The molecule has 0 amide bonds. The molecule has 12 rings (SSSR count). The minimum absolute atomic E-state index is 0.220. The SMILES string of the molecule is COC(=O)c1ccc2c(c1)CCC[C@]2(O)c1ncc(-c2cc(C)cc(Nc3cc(-c4cn[nH]n4)ccn3)n2)s1.Cc1cc(Nc2cc(-c3cn[nH]n3)ccn2)nc(-c2cnc([C@@]3(O)CCCc4cc(C(=O)O)ccc43)s2)c1. The van der Waals surface area contributed by atoms with Gasteiger partial charge in [-0.3, -0.25) is 0 Å². The number of methoxy groups -OCH3 is 1. The quantitative estimate of drug-likeness (QED) is 0.0560. The lowest BCUT2D eigenvalue weighted by atomic mass is 9.79. The van der Waals surface area contributed by atoms with Gasteiger partial charge in [-0.15, -0.1) is 22.7 Å². The van der Waals surface area contributed by atoms with Crippen LogP contribution < -0.4 is 10.6 Å². The van der Waals surface area contributed by atoms with Crippen molar-refractivity contribution in [3.8, 4) is 43.7 Å². The molecule has 8 aromatic heterocycles. The highest BCUT2D eigenvalue weighted by Gasteiger charge is 2.41. The lowest BCUT2D eigenvalue weighted by Gasteiger charge is -2.33. The van der Waals surface area contributed by atoms with Gasteiger partial charge in [0.15, 0.2) is 0 Å². The van der Waals surface area contributed by atoms with Crippen LogP contribution in [0, 0.1) is 13.8 Å². The minimum Gasteiger partial charge on any atom is -0.478 e. The number of aliphatic hydroxyl groups is 2. The van der Waals surface area contributed by atoms with Crippen molar-refractivity contribution in [3.63, 3.8) is 0 Å². The fourth-order valence-corrected chi connectivity index (χ4v) is 11.7. The molecule has 2 aliphatic carbocycles. The van der Waals surface area contributed by atoms with E-state index in [1.165, 1.54) is 35.8 Å². The fraction of sp³-hybridized carbons (Fsp3) is 0.200. The standard InChI is InChI=1S/C28H25N7O3S.C27H23N7O3S/c1-16-10-21(32-25(11-16)33-24-13-18(7-9-29-24)22-14-31-35-34-22)23-15-30-27(39-23)28(37)8-3-4-17-12-19(26(36)38-2)5-6-20(17)28;1-15-9-20(31-24(10-15)32-23-12-17(6-8-28-23)21-13-30-34-33-21)22-14-29-26(38-22)27(37)7-2-3-16-11-18(25(35)36)4-5-19(16)27/h5-7,9-15,37H,3-4,8H2,1-2H3,(H,29,32,33)(H,31,34,35);4-6,8-14,37H,2-3,7H2,1H3,(H,35,36)(H,28,31,32)(H,30,33,34)/t28-;27-/m11/s1. The van der Waals surface area contributed by atoms with E-state index in [9.17, 15) is 24.9 Å². The van der Waals surface area contributed by atoms with E-state index in [1.807, 2.05) is 74.5 Å². The Balaban J connectivity index is 0.000000164. The summed E-state index contributed by atoms with van der Waals surface area (Å²) in [5.74, 6) is 1.15.